The van der Waals surface area contributed by atoms with Crippen LogP contribution in [-0.4, -0.2) is 10.9 Å². The van der Waals surface area contributed by atoms with E-state index in [4.69, 9.17) is 0 Å². The van der Waals surface area contributed by atoms with E-state index < -0.39 is 23.5 Å². The van der Waals surface area contributed by atoms with Crippen LogP contribution in [0.15, 0.2) is 48.5 Å². The summed E-state index contributed by atoms with van der Waals surface area (Å²) in [5.74, 6) is -0.880. The van der Waals surface area contributed by atoms with Gasteiger partial charge in [-0.1, -0.05) is 18.2 Å². The molecule has 3 aromatic rings. The number of aryl methyl sites for hydroxylation is 1. The summed E-state index contributed by atoms with van der Waals surface area (Å²) in [4.78, 5) is 17.2. The summed E-state index contributed by atoms with van der Waals surface area (Å²) in [6.45, 7) is 1.73. The number of benzene rings is 2. The number of nitrogens with one attached hydrogen (secondary N) is 1. The molecule has 0 spiro atoms. The minimum Gasteiger partial charge on any atom is -0.298 e. The molecule has 0 aliphatic heterocycles. The summed E-state index contributed by atoms with van der Waals surface area (Å²) < 4.78 is 51.4. The third kappa shape index (κ3) is 4.71. The Hall–Kier alpha value is -2.74. The van der Waals surface area contributed by atoms with Crippen molar-refractivity contribution in [2.75, 3.05) is 5.32 Å². The van der Waals surface area contributed by atoms with E-state index in [0.29, 0.717) is 16.4 Å². The molecule has 2 aromatic carbocycles. The van der Waals surface area contributed by atoms with E-state index in [9.17, 15) is 22.4 Å². The lowest BCUT2D eigenvalue weighted by Crippen LogP contribution is -2.11. The van der Waals surface area contributed by atoms with Crippen molar-refractivity contribution in [3.63, 3.8) is 0 Å². The first kappa shape index (κ1) is 19.0. The van der Waals surface area contributed by atoms with Gasteiger partial charge in [-0.2, -0.15) is 13.2 Å². The molecule has 1 N–H and O–H groups in total. The zero-order chi connectivity index (χ0) is 19.6. The lowest BCUT2D eigenvalue weighted by Gasteiger charge is -2.08. The lowest BCUT2D eigenvalue weighted by atomic mass is 10.1. The van der Waals surface area contributed by atoms with Gasteiger partial charge in [-0.25, -0.2) is 9.37 Å². The molecule has 1 amide bonds. The highest BCUT2D eigenvalue weighted by atomic mass is 32.1. The number of aromatic nitrogens is 1. The van der Waals surface area contributed by atoms with E-state index in [0.717, 1.165) is 17.0 Å². The number of alkyl halides is 3. The highest BCUT2D eigenvalue weighted by molar-refractivity contribution is 7.15. The highest BCUT2D eigenvalue weighted by Gasteiger charge is 2.30. The van der Waals surface area contributed by atoms with Gasteiger partial charge in [0, 0.05) is 16.9 Å². The predicted molar refractivity (Wildman–Crippen MR) is 95.5 cm³/mol. The Bertz CT molecular complexity index is 965. The van der Waals surface area contributed by atoms with E-state index in [2.05, 4.69) is 10.3 Å². The van der Waals surface area contributed by atoms with Crippen molar-refractivity contribution >= 4 is 22.4 Å². The fraction of sp³-hybridized carbons (Fsp3) is 0.158. The number of carbonyl (C=O) groups is 1. The van der Waals surface area contributed by atoms with Gasteiger partial charge < -0.3 is 0 Å². The topological polar surface area (TPSA) is 42.0 Å². The van der Waals surface area contributed by atoms with Crippen LogP contribution in [-0.2, 0) is 12.6 Å². The molecule has 3 nitrogen and oxygen atoms in total. The van der Waals surface area contributed by atoms with Crippen LogP contribution in [0.3, 0.4) is 0 Å². The molecule has 0 unspecified atom stereocenters. The van der Waals surface area contributed by atoms with Crippen molar-refractivity contribution in [2.24, 2.45) is 0 Å². The number of thiazole rings is 1. The molecule has 0 saturated heterocycles. The maximum Gasteiger partial charge on any atom is 0.416 e. The van der Waals surface area contributed by atoms with Gasteiger partial charge in [0.05, 0.1) is 11.3 Å². The average molecular weight is 394 g/mol. The van der Waals surface area contributed by atoms with Crippen molar-refractivity contribution in [2.45, 2.75) is 19.5 Å². The van der Waals surface area contributed by atoms with Crippen molar-refractivity contribution in [1.29, 1.82) is 0 Å². The molecule has 27 heavy (non-hydrogen) atoms. The molecule has 0 bridgehead atoms. The Balaban J connectivity index is 1.75. The number of amides is 1. The van der Waals surface area contributed by atoms with Crippen molar-refractivity contribution < 1.29 is 22.4 Å². The molecule has 0 atom stereocenters. The highest BCUT2D eigenvalue weighted by Crippen LogP contribution is 2.31. The van der Waals surface area contributed by atoms with Crippen LogP contribution in [0.4, 0.5) is 22.7 Å². The number of carbonyl (C=O) groups excluding carboxylic acids is 1. The normalized spacial score (nSPS) is 11.4. The van der Waals surface area contributed by atoms with Crippen LogP contribution >= 0.6 is 11.3 Å². The molecule has 0 aliphatic rings. The van der Waals surface area contributed by atoms with Crippen LogP contribution in [0.2, 0.25) is 0 Å². The van der Waals surface area contributed by atoms with Crippen molar-refractivity contribution in [1.82, 2.24) is 4.98 Å². The Morgan fingerprint density at radius 3 is 2.52 bits per heavy atom. The number of anilines is 1. The van der Waals surface area contributed by atoms with E-state index in [1.54, 1.807) is 13.0 Å². The molecule has 0 radical (unpaired) electrons. The van der Waals surface area contributed by atoms with Gasteiger partial charge in [0.15, 0.2) is 5.13 Å². The van der Waals surface area contributed by atoms with Gasteiger partial charge >= 0.3 is 6.18 Å². The summed E-state index contributed by atoms with van der Waals surface area (Å²) in [7, 11) is 0. The van der Waals surface area contributed by atoms with E-state index in [1.807, 2.05) is 0 Å². The zero-order valence-corrected chi connectivity index (χ0v) is 14.9. The molecule has 1 heterocycles. The summed E-state index contributed by atoms with van der Waals surface area (Å²) in [5, 5.41) is 2.96. The standard InChI is InChI=1S/C19H14F4N2OS/c1-11-16(10-12-3-2-4-14(9-12)19(21,22)23)27-18(24-11)25-17(26)13-5-7-15(20)8-6-13/h2-9H,10H2,1H3,(H,24,25,26). The smallest absolute Gasteiger partial charge is 0.298 e. The molecule has 0 fully saturated rings. The van der Waals surface area contributed by atoms with Gasteiger partial charge in [0.2, 0.25) is 0 Å². The fourth-order valence-corrected chi connectivity index (χ4v) is 3.45. The maximum absolute atomic E-state index is 12.9. The second-order valence-corrected chi connectivity index (χ2v) is 6.95. The van der Waals surface area contributed by atoms with Crippen LogP contribution in [0.1, 0.15) is 32.1 Å². The largest absolute Gasteiger partial charge is 0.416 e. The summed E-state index contributed by atoms with van der Waals surface area (Å²) in [6, 6.07) is 10.2. The van der Waals surface area contributed by atoms with Gasteiger partial charge in [0.1, 0.15) is 5.82 Å². The first-order chi connectivity index (χ1) is 12.7. The third-order valence-electron chi connectivity index (χ3n) is 3.84. The summed E-state index contributed by atoms with van der Waals surface area (Å²) in [5.41, 5.74) is 0.718. The summed E-state index contributed by atoms with van der Waals surface area (Å²) >= 11 is 1.20. The molecular formula is C19H14F4N2OS. The number of hydrogen-bond donors (Lipinski definition) is 1. The average Bonchev–Trinajstić information content (AvgIpc) is 2.94. The SMILES string of the molecule is Cc1nc(NC(=O)c2ccc(F)cc2)sc1Cc1cccc(C(F)(F)F)c1. The maximum atomic E-state index is 12.9. The van der Waals surface area contributed by atoms with E-state index in [1.165, 1.54) is 41.7 Å². The van der Waals surface area contributed by atoms with Crippen molar-refractivity contribution in [3.8, 4) is 0 Å². The van der Waals surface area contributed by atoms with Gasteiger partial charge in [-0.3, -0.25) is 10.1 Å². The van der Waals surface area contributed by atoms with Crippen molar-refractivity contribution in [3.05, 3.63) is 81.6 Å². The lowest BCUT2D eigenvalue weighted by molar-refractivity contribution is -0.137. The molecular weight excluding hydrogens is 380 g/mol. The monoisotopic (exact) mass is 394 g/mol. The number of rotatable bonds is 4. The molecule has 140 valence electrons. The minimum absolute atomic E-state index is 0.278. The zero-order valence-electron chi connectivity index (χ0n) is 14.1. The minimum atomic E-state index is -4.40. The Morgan fingerprint density at radius 2 is 1.85 bits per heavy atom. The quantitative estimate of drug-likeness (QED) is 0.598. The predicted octanol–water partition coefficient (Wildman–Crippen LogP) is 5.45. The second-order valence-electron chi connectivity index (χ2n) is 5.86. The van der Waals surface area contributed by atoms with Gasteiger partial charge in [-0.15, -0.1) is 11.3 Å². The van der Waals surface area contributed by atoms with Gasteiger partial charge in [0.25, 0.3) is 5.91 Å². The molecule has 3 rings (SSSR count). The van der Waals surface area contributed by atoms with Crippen LogP contribution in [0.25, 0.3) is 0 Å². The summed E-state index contributed by atoms with van der Waals surface area (Å²) in [6.07, 6.45) is -4.12. The van der Waals surface area contributed by atoms with Crippen LogP contribution in [0, 0.1) is 12.7 Å². The molecule has 8 heteroatoms. The Labute approximate surface area is 156 Å². The molecule has 1 aromatic heterocycles. The van der Waals surface area contributed by atoms with Crippen LogP contribution < -0.4 is 5.32 Å². The first-order valence-corrected chi connectivity index (χ1v) is 8.73. The molecule has 0 saturated carbocycles. The Kier molecular flexibility index (Phi) is 5.27. The second kappa shape index (κ2) is 7.48. The number of hydrogen-bond acceptors (Lipinski definition) is 3. The van der Waals surface area contributed by atoms with E-state index in [-0.39, 0.29) is 12.0 Å². The number of nitrogens with zero attached hydrogens (tertiary/aromatic N) is 1. The fourth-order valence-electron chi connectivity index (χ4n) is 2.46. The van der Waals surface area contributed by atoms with Crippen LogP contribution in [0.5, 0.6) is 0 Å². The molecule has 0 aliphatic carbocycles. The van der Waals surface area contributed by atoms with Gasteiger partial charge in [-0.05, 0) is 42.8 Å². The first-order valence-electron chi connectivity index (χ1n) is 7.92. The third-order valence-corrected chi connectivity index (χ3v) is 4.91. The Morgan fingerprint density at radius 1 is 1.15 bits per heavy atom. The number of halogens is 4. The van der Waals surface area contributed by atoms with E-state index >= 15 is 0 Å².